The number of hydrogen-bond acceptors (Lipinski definition) is 0. The SMILES string of the molecule is FC(F)(F)C(F)(F)C(F)(F)C(F)(F)c1cc(Cl)cc(C(F)(F)C(F)(F)C(F)(F)C(F)(F)F)c1. The smallest absolute Gasteiger partial charge is 0.194 e. The molecule has 0 radical (unpaired) electrons. The molecule has 0 aliphatic rings. The molecular formula is C14H3ClF18. The maximum Gasteiger partial charge on any atom is 0.460 e. The average molecular weight is 549 g/mol. The van der Waals surface area contributed by atoms with Gasteiger partial charge in [-0.2, -0.15) is 79.0 Å². The van der Waals surface area contributed by atoms with Gasteiger partial charge in [-0.15, -0.1) is 0 Å². The van der Waals surface area contributed by atoms with E-state index in [4.69, 9.17) is 11.6 Å². The molecule has 33 heavy (non-hydrogen) atoms. The molecule has 0 unspecified atom stereocenters. The first-order chi connectivity index (χ1) is 14.1. The molecule has 19 heteroatoms. The van der Waals surface area contributed by atoms with Gasteiger partial charge >= 0.3 is 47.9 Å². The maximum absolute atomic E-state index is 13.9. The highest BCUT2D eigenvalue weighted by molar-refractivity contribution is 6.30. The van der Waals surface area contributed by atoms with E-state index in [1.807, 2.05) is 0 Å². The first-order valence-electron chi connectivity index (χ1n) is 7.32. The minimum atomic E-state index is -7.58. The normalized spacial score (nSPS) is 15.7. The van der Waals surface area contributed by atoms with E-state index in [1.54, 1.807) is 0 Å². The summed E-state index contributed by atoms with van der Waals surface area (Å²) < 4.78 is 234. The predicted octanol–water partition coefficient (Wildman–Crippen LogP) is 8.19. The lowest BCUT2D eigenvalue weighted by atomic mass is 9.91. The summed E-state index contributed by atoms with van der Waals surface area (Å²) in [6.45, 7) is 0. The highest BCUT2D eigenvalue weighted by Gasteiger charge is 2.83. The lowest BCUT2D eigenvalue weighted by Crippen LogP contribution is -2.60. The minimum absolute atomic E-state index is 0.707. The molecule has 0 saturated heterocycles. The van der Waals surface area contributed by atoms with Gasteiger partial charge in [0.05, 0.1) is 0 Å². The zero-order chi connectivity index (χ0) is 26.9. The molecule has 0 nitrogen and oxygen atoms in total. The lowest BCUT2D eigenvalue weighted by molar-refractivity contribution is -0.400. The van der Waals surface area contributed by atoms with Gasteiger partial charge in [-0.1, -0.05) is 11.6 Å². The Labute approximate surface area is 174 Å². The van der Waals surface area contributed by atoms with Crippen LogP contribution in [0.1, 0.15) is 11.1 Å². The molecule has 0 spiro atoms. The molecule has 0 atom stereocenters. The van der Waals surface area contributed by atoms with Gasteiger partial charge in [-0.25, -0.2) is 0 Å². The standard InChI is InChI=1S/C14H3ClF18/c15-6-2-4(7(16,17)9(20,21)11(24,25)13(28,29)30)1-5(3-6)8(18,19)10(22,23)12(26,27)14(31,32)33/h1-3H. The summed E-state index contributed by atoms with van der Waals surface area (Å²) in [7, 11) is 0. The third-order valence-electron chi connectivity index (χ3n) is 3.91. The van der Waals surface area contributed by atoms with E-state index in [-0.39, 0.29) is 0 Å². The Bertz CT molecular complexity index is 809. The Morgan fingerprint density at radius 2 is 0.636 bits per heavy atom. The largest absolute Gasteiger partial charge is 0.460 e. The van der Waals surface area contributed by atoms with Gasteiger partial charge in [-0.3, -0.25) is 0 Å². The zero-order valence-electron chi connectivity index (χ0n) is 14.4. The van der Waals surface area contributed by atoms with E-state index in [1.165, 1.54) is 0 Å². The van der Waals surface area contributed by atoms with Crippen LogP contribution in [0.15, 0.2) is 18.2 Å². The van der Waals surface area contributed by atoms with Crippen molar-refractivity contribution in [2.24, 2.45) is 0 Å². The van der Waals surface area contributed by atoms with Crippen LogP contribution in [0.4, 0.5) is 79.0 Å². The molecule has 0 aromatic heterocycles. The summed E-state index contributed by atoms with van der Waals surface area (Å²) in [6, 6.07) is -2.81. The fraction of sp³-hybridized carbons (Fsp3) is 0.571. The van der Waals surface area contributed by atoms with Crippen LogP contribution < -0.4 is 0 Å². The number of benzene rings is 1. The molecule has 1 aromatic carbocycles. The molecule has 0 fully saturated rings. The van der Waals surface area contributed by atoms with E-state index < -0.39 is 82.2 Å². The summed E-state index contributed by atoms with van der Waals surface area (Å²) >= 11 is 4.89. The Kier molecular flexibility index (Phi) is 6.77. The first-order valence-corrected chi connectivity index (χ1v) is 7.70. The van der Waals surface area contributed by atoms with Crippen molar-refractivity contribution in [3.05, 3.63) is 34.3 Å². The Hall–Kier alpha value is -1.75. The monoisotopic (exact) mass is 548 g/mol. The van der Waals surface area contributed by atoms with Crippen molar-refractivity contribution in [2.75, 3.05) is 0 Å². The quantitative estimate of drug-likeness (QED) is 0.315. The fourth-order valence-electron chi connectivity index (χ4n) is 2.07. The summed E-state index contributed by atoms with van der Waals surface area (Å²) in [5.41, 5.74) is -6.13. The second kappa shape index (κ2) is 7.63. The minimum Gasteiger partial charge on any atom is -0.194 e. The van der Waals surface area contributed by atoms with E-state index in [0.29, 0.717) is 0 Å². The molecule has 1 aromatic rings. The van der Waals surface area contributed by atoms with Crippen LogP contribution >= 0.6 is 11.6 Å². The Balaban J connectivity index is 3.80. The molecule has 0 amide bonds. The van der Waals surface area contributed by atoms with Gasteiger partial charge in [0, 0.05) is 16.1 Å². The summed E-state index contributed by atoms with van der Waals surface area (Å²) in [4.78, 5) is 0. The molecule has 0 saturated carbocycles. The molecule has 0 N–H and O–H groups in total. The number of hydrogen-bond donors (Lipinski definition) is 0. The van der Waals surface area contributed by atoms with E-state index in [9.17, 15) is 79.0 Å². The first kappa shape index (κ1) is 29.3. The van der Waals surface area contributed by atoms with Gasteiger partial charge in [0.15, 0.2) is 0 Å². The van der Waals surface area contributed by atoms with E-state index in [0.717, 1.165) is 0 Å². The molecule has 1 rings (SSSR count). The Morgan fingerprint density at radius 3 is 0.848 bits per heavy atom. The van der Waals surface area contributed by atoms with Crippen LogP contribution in [0.3, 0.4) is 0 Å². The van der Waals surface area contributed by atoms with Crippen molar-refractivity contribution in [2.45, 2.75) is 47.9 Å². The average Bonchev–Trinajstić information content (AvgIpc) is 2.58. The van der Waals surface area contributed by atoms with Crippen LogP contribution in [0, 0.1) is 0 Å². The van der Waals surface area contributed by atoms with Gasteiger partial charge < -0.3 is 0 Å². The van der Waals surface area contributed by atoms with Crippen molar-refractivity contribution in [3.63, 3.8) is 0 Å². The van der Waals surface area contributed by atoms with Crippen molar-refractivity contribution in [1.82, 2.24) is 0 Å². The third kappa shape index (κ3) is 4.15. The number of halogens is 19. The molecular weight excluding hydrogens is 546 g/mol. The van der Waals surface area contributed by atoms with Gasteiger partial charge in [0.25, 0.3) is 0 Å². The Morgan fingerprint density at radius 1 is 0.394 bits per heavy atom. The van der Waals surface area contributed by atoms with Crippen molar-refractivity contribution >= 4 is 11.6 Å². The van der Waals surface area contributed by atoms with E-state index >= 15 is 0 Å². The molecule has 0 aliphatic heterocycles. The van der Waals surface area contributed by atoms with Crippen molar-refractivity contribution in [1.29, 1.82) is 0 Å². The van der Waals surface area contributed by atoms with Crippen LogP contribution in [-0.4, -0.2) is 36.0 Å². The van der Waals surface area contributed by atoms with E-state index in [2.05, 4.69) is 0 Å². The fourth-order valence-corrected chi connectivity index (χ4v) is 2.30. The highest BCUT2D eigenvalue weighted by Crippen LogP contribution is 2.59. The summed E-state index contributed by atoms with van der Waals surface area (Å²) in [6.07, 6.45) is -14.8. The van der Waals surface area contributed by atoms with Crippen LogP contribution in [0.2, 0.25) is 5.02 Å². The summed E-state index contributed by atoms with van der Waals surface area (Å²) in [5.74, 6) is -43.9. The second-order valence-corrected chi connectivity index (χ2v) is 6.61. The van der Waals surface area contributed by atoms with Crippen LogP contribution in [0.25, 0.3) is 0 Å². The van der Waals surface area contributed by atoms with Gasteiger partial charge in [0.1, 0.15) is 0 Å². The predicted molar refractivity (Wildman–Crippen MR) is 71.1 cm³/mol. The topological polar surface area (TPSA) is 0 Å². The van der Waals surface area contributed by atoms with Crippen LogP contribution in [-0.2, 0) is 11.8 Å². The van der Waals surface area contributed by atoms with Gasteiger partial charge in [0.2, 0.25) is 0 Å². The molecule has 0 heterocycles. The third-order valence-corrected chi connectivity index (χ3v) is 4.13. The summed E-state index contributed by atoms with van der Waals surface area (Å²) in [5, 5.41) is -1.83. The van der Waals surface area contributed by atoms with Crippen molar-refractivity contribution in [3.8, 4) is 0 Å². The lowest BCUT2D eigenvalue weighted by Gasteiger charge is -2.35. The molecule has 0 bridgehead atoms. The van der Waals surface area contributed by atoms with Crippen molar-refractivity contribution < 1.29 is 79.0 Å². The second-order valence-electron chi connectivity index (χ2n) is 6.17. The highest BCUT2D eigenvalue weighted by atomic mass is 35.5. The molecule has 0 aliphatic carbocycles. The molecule has 192 valence electrons. The number of rotatable bonds is 6. The number of alkyl halides is 18. The van der Waals surface area contributed by atoms with Gasteiger partial charge in [-0.05, 0) is 18.2 Å². The zero-order valence-corrected chi connectivity index (χ0v) is 15.2. The van der Waals surface area contributed by atoms with Crippen LogP contribution in [0.5, 0.6) is 0 Å². The maximum atomic E-state index is 13.9.